The van der Waals surface area contributed by atoms with Crippen LogP contribution in [0.3, 0.4) is 0 Å². The third-order valence-corrected chi connectivity index (χ3v) is 5.95. The van der Waals surface area contributed by atoms with E-state index in [1.807, 2.05) is 14.0 Å². The second-order valence-electron chi connectivity index (χ2n) is 5.19. The molecule has 0 unspecified atom stereocenters. The minimum atomic E-state index is -3.50. The first kappa shape index (κ1) is 16.5. The lowest BCUT2D eigenvalue weighted by molar-refractivity contribution is 0.222. The number of hydrogen-bond acceptors (Lipinski definition) is 4. The number of halogens is 1. The van der Waals surface area contributed by atoms with Crippen molar-refractivity contribution in [3.8, 4) is 5.75 Å². The number of hydrogen-bond donors (Lipinski definition) is 0. The number of nitrogens with zero attached hydrogens (tertiary/aromatic N) is 2. The molecule has 0 bridgehead atoms. The molecule has 1 aliphatic rings. The monoisotopic (exact) mass is 332 g/mol. The average molecular weight is 333 g/mol. The van der Waals surface area contributed by atoms with Gasteiger partial charge < -0.3 is 9.64 Å². The molecule has 2 rings (SSSR count). The van der Waals surface area contributed by atoms with Crippen LogP contribution in [0.25, 0.3) is 0 Å². The third kappa shape index (κ3) is 3.51. The van der Waals surface area contributed by atoms with Gasteiger partial charge in [0.15, 0.2) is 0 Å². The van der Waals surface area contributed by atoms with Gasteiger partial charge in [0.25, 0.3) is 0 Å². The maximum absolute atomic E-state index is 12.7. The van der Waals surface area contributed by atoms with Gasteiger partial charge in [-0.3, -0.25) is 0 Å². The van der Waals surface area contributed by atoms with Crippen molar-refractivity contribution < 1.29 is 13.2 Å². The lowest BCUT2D eigenvalue weighted by atomic mass is 10.2. The molecule has 118 valence electrons. The Labute approximate surface area is 131 Å². The molecule has 0 atom stereocenters. The first-order valence-electron chi connectivity index (χ1n) is 6.98. The normalized spacial score (nSPS) is 17.9. The Balaban J connectivity index is 2.34. The summed E-state index contributed by atoms with van der Waals surface area (Å²) < 4.78 is 32.4. The molecule has 1 fully saturated rings. The fourth-order valence-electron chi connectivity index (χ4n) is 2.35. The lowest BCUT2D eigenvalue weighted by Crippen LogP contribution is -2.47. The predicted molar refractivity (Wildman–Crippen MR) is 83.6 cm³/mol. The van der Waals surface area contributed by atoms with Gasteiger partial charge >= 0.3 is 0 Å². The van der Waals surface area contributed by atoms with Crippen LogP contribution in [-0.4, -0.2) is 57.5 Å². The maximum Gasteiger partial charge on any atom is 0.243 e. The minimum absolute atomic E-state index is 0.264. The summed E-state index contributed by atoms with van der Waals surface area (Å²) >= 11 is 6.13. The SMILES string of the molecule is CCOc1cc(C)c(S(=O)(=O)N2CCN(C)CC2)cc1Cl. The number of likely N-dealkylation sites (N-methyl/N-ethyl adjacent to an activating group) is 1. The number of aryl methyl sites for hydroxylation is 1. The second-order valence-corrected chi connectivity index (χ2v) is 7.50. The molecule has 0 aromatic heterocycles. The number of rotatable bonds is 4. The Hall–Kier alpha value is -0.820. The van der Waals surface area contributed by atoms with E-state index in [1.54, 1.807) is 13.0 Å². The predicted octanol–water partition coefficient (Wildman–Crippen LogP) is 1.98. The zero-order valence-electron chi connectivity index (χ0n) is 12.6. The highest BCUT2D eigenvalue weighted by Crippen LogP contribution is 2.32. The standard InChI is InChI=1S/C14H21ClN2O3S/c1-4-20-13-9-11(2)14(10-12(13)15)21(18,19)17-7-5-16(3)6-8-17/h9-10H,4-8H2,1-3H3. The van der Waals surface area contributed by atoms with Gasteiger partial charge in [-0.15, -0.1) is 0 Å². The highest BCUT2D eigenvalue weighted by molar-refractivity contribution is 7.89. The zero-order valence-corrected chi connectivity index (χ0v) is 14.2. The molecule has 1 heterocycles. The summed E-state index contributed by atoms with van der Waals surface area (Å²) in [6.45, 7) is 6.60. The molecule has 7 heteroatoms. The topological polar surface area (TPSA) is 49.9 Å². The van der Waals surface area contributed by atoms with Crippen molar-refractivity contribution >= 4 is 21.6 Å². The molecule has 1 aromatic carbocycles. The molecule has 0 amide bonds. The number of sulfonamides is 1. The van der Waals surface area contributed by atoms with E-state index in [0.29, 0.717) is 36.0 Å². The summed E-state index contributed by atoms with van der Waals surface area (Å²) in [6.07, 6.45) is 0. The fraction of sp³-hybridized carbons (Fsp3) is 0.571. The zero-order chi connectivity index (χ0) is 15.6. The molecule has 0 aliphatic carbocycles. The molecule has 21 heavy (non-hydrogen) atoms. The summed E-state index contributed by atoms with van der Waals surface area (Å²) in [7, 11) is -1.51. The number of piperazine rings is 1. The molecule has 0 N–H and O–H groups in total. The van der Waals surface area contributed by atoms with Crippen molar-refractivity contribution in [3.63, 3.8) is 0 Å². The van der Waals surface area contributed by atoms with Crippen molar-refractivity contribution in [1.29, 1.82) is 0 Å². The molecule has 1 aliphatic heterocycles. The van der Waals surface area contributed by atoms with E-state index in [1.165, 1.54) is 10.4 Å². The van der Waals surface area contributed by atoms with Gasteiger partial charge in [-0.2, -0.15) is 4.31 Å². The molecule has 0 spiro atoms. The lowest BCUT2D eigenvalue weighted by Gasteiger charge is -2.32. The third-order valence-electron chi connectivity index (χ3n) is 3.61. The Morgan fingerprint density at radius 3 is 2.43 bits per heavy atom. The van der Waals surface area contributed by atoms with Gasteiger partial charge in [0, 0.05) is 26.2 Å². The van der Waals surface area contributed by atoms with Crippen LogP contribution in [-0.2, 0) is 10.0 Å². The van der Waals surface area contributed by atoms with Crippen LogP contribution in [0, 0.1) is 6.92 Å². The van der Waals surface area contributed by atoms with Crippen LogP contribution in [0.4, 0.5) is 0 Å². The number of ether oxygens (including phenoxy) is 1. The summed E-state index contributed by atoms with van der Waals surface area (Å²) in [5, 5.41) is 0.329. The minimum Gasteiger partial charge on any atom is -0.492 e. The molecule has 1 aromatic rings. The van der Waals surface area contributed by atoms with E-state index in [0.717, 1.165) is 13.1 Å². The highest BCUT2D eigenvalue weighted by atomic mass is 35.5. The fourth-order valence-corrected chi connectivity index (χ4v) is 4.29. The number of benzene rings is 1. The van der Waals surface area contributed by atoms with E-state index in [4.69, 9.17) is 16.3 Å². The van der Waals surface area contributed by atoms with E-state index < -0.39 is 10.0 Å². The maximum atomic E-state index is 12.7. The van der Waals surface area contributed by atoms with Gasteiger partial charge in [0.05, 0.1) is 16.5 Å². The average Bonchev–Trinajstić information content (AvgIpc) is 2.43. The van der Waals surface area contributed by atoms with Crippen molar-refractivity contribution in [2.45, 2.75) is 18.7 Å². The van der Waals surface area contributed by atoms with Crippen molar-refractivity contribution in [1.82, 2.24) is 9.21 Å². The molecular weight excluding hydrogens is 312 g/mol. The van der Waals surface area contributed by atoms with E-state index in [-0.39, 0.29) is 4.90 Å². The van der Waals surface area contributed by atoms with Gasteiger partial charge in [0.2, 0.25) is 10.0 Å². The Morgan fingerprint density at radius 2 is 1.86 bits per heavy atom. The van der Waals surface area contributed by atoms with Gasteiger partial charge in [0.1, 0.15) is 5.75 Å². The smallest absolute Gasteiger partial charge is 0.243 e. The van der Waals surface area contributed by atoms with Crippen LogP contribution in [0.5, 0.6) is 5.75 Å². The van der Waals surface area contributed by atoms with Crippen LogP contribution in [0.1, 0.15) is 12.5 Å². The van der Waals surface area contributed by atoms with Crippen LogP contribution in [0.2, 0.25) is 5.02 Å². The van der Waals surface area contributed by atoms with Gasteiger partial charge in [-0.1, -0.05) is 11.6 Å². The van der Waals surface area contributed by atoms with Gasteiger partial charge in [-0.05, 0) is 38.6 Å². The van der Waals surface area contributed by atoms with Crippen molar-refractivity contribution in [3.05, 3.63) is 22.7 Å². The quantitative estimate of drug-likeness (QED) is 0.846. The van der Waals surface area contributed by atoms with Crippen LogP contribution in [0.15, 0.2) is 17.0 Å². The molecular formula is C14H21ClN2O3S. The van der Waals surface area contributed by atoms with Crippen molar-refractivity contribution in [2.75, 3.05) is 39.8 Å². The van der Waals surface area contributed by atoms with E-state index in [9.17, 15) is 8.42 Å². The van der Waals surface area contributed by atoms with Crippen LogP contribution >= 0.6 is 11.6 Å². The first-order chi connectivity index (χ1) is 9.86. The second kappa shape index (κ2) is 6.52. The Bertz CT molecular complexity index is 611. The molecule has 1 saturated heterocycles. The molecule has 0 saturated carbocycles. The summed E-state index contributed by atoms with van der Waals surface area (Å²) in [5.74, 6) is 0.522. The van der Waals surface area contributed by atoms with Crippen LogP contribution < -0.4 is 4.74 Å². The summed E-state index contributed by atoms with van der Waals surface area (Å²) in [6, 6.07) is 3.18. The Kier molecular flexibility index (Phi) is 5.14. The van der Waals surface area contributed by atoms with E-state index in [2.05, 4.69) is 4.90 Å². The molecule has 5 nitrogen and oxygen atoms in total. The summed E-state index contributed by atoms with van der Waals surface area (Å²) in [4.78, 5) is 2.38. The largest absolute Gasteiger partial charge is 0.492 e. The Morgan fingerprint density at radius 1 is 1.24 bits per heavy atom. The van der Waals surface area contributed by atoms with Gasteiger partial charge in [-0.25, -0.2) is 8.42 Å². The highest BCUT2D eigenvalue weighted by Gasteiger charge is 2.29. The van der Waals surface area contributed by atoms with Crippen molar-refractivity contribution in [2.24, 2.45) is 0 Å². The summed E-state index contributed by atoms with van der Waals surface area (Å²) in [5.41, 5.74) is 0.654. The van der Waals surface area contributed by atoms with E-state index >= 15 is 0 Å². The first-order valence-corrected chi connectivity index (χ1v) is 8.79. The molecule has 0 radical (unpaired) electrons.